The standard InChI is InChI=1S/C15H25NO2/c1-11-9-13(17-5)14(18-6)10-12(11)7-8-16-15(2,3)4/h9-10,16H,7-8H2,1-6H3. The monoisotopic (exact) mass is 251 g/mol. The third-order valence-electron chi connectivity index (χ3n) is 2.89. The van der Waals surface area contributed by atoms with Crippen LogP contribution in [0.25, 0.3) is 0 Å². The van der Waals surface area contributed by atoms with E-state index >= 15 is 0 Å². The molecule has 18 heavy (non-hydrogen) atoms. The van der Waals surface area contributed by atoms with Gasteiger partial charge in [0.05, 0.1) is 14.2 Å². The first-order valence-electron chi connectivity index (χ1n) is 6.34. The predicted octanol–water partition coefficient (Wildman–Crippen LogP) is 2.94. The smallest absolute Gasteiger partial charge is 0.161 e. The highest BCUT2D eigenvalue weighted by Crippen LogP contribution is 2.30. The maximum absolute atomic E-state index is 5.33. The van der Waals surface area contributed by atoms with Crippen LogP contribution < -0.4 is 14.8 Å². The summed E-state index contributed by atoms with van der Waals surface area (Å²) < 4.78 is 10.6. The second kappa shape index (κ2) is 6.10. The largest absolute Gasteiger partial charge is 0.493 e. The van der Waals surface area contributed by atoms with Gasteiger partial charge in [0.25, 0.3) is 0 Å². The van der Waals surface area contributed by atoms with Crippen LogP contribution in [0.1, 0.15) is 31.9 Å². The number of methoxy groups -OCH3 is 2. The van der Waals surface area contributed by atoms with Crippen molar-refractivity contribution in [1.82, 2.24) is 5.32 Å². The summed E-state index contributed by atoms with van der Waals surface area (Å²) >= 11 is 0. The van der Waals surface area contributed by atoms with Crippen molar-refractivity contribution < 1.29 is 9.47 Å². The maximum atomic E-state index is 5.33. The zero-order valence-corrected chi connectivity index (χ0v) is 12.4. The van der Waals surface area contributed by atoms with Crippen LogP contribution in [0.3, 0.4) is 0 Å². The summed E-state index contributed by atoms with van der Waals surface area (Å²) in [6.07, 6.45) is 0.990. The number of aryl methyl sites for hydroxylation is 1. The molecular formula is C15H25NO2. The molecule has 0 aliphatic carbocycles. The van der Waals surface area contributed by atoms with Gasteiger partial charge in [-0.15, -0.1) is 0 Å². The molecule has 1 N–H and O–H groups in total. The Balaban J connectivity index is 2.77. The molecule has 0 heterocycles. The van der Waals surface area contributed by atoms with E-state index in [2.05, 4.69) is 39.1 Å². The molecule has 0 spiro atoms. The van der Waals surface area contributed by atoms with E-state index in [-0.39, 0.29) is 5.54 Å². The first-order valence-corrected chi connectivity index (χ1v) is 6.34. The van der Waals surface area contributed by atoms with Gasteiger partial charge in [-0.25, -0.2) is 0 Å². The molecule has 0 saturated carbocycles. The highest BCUT2D eigenvalue weighted by Gasteiger charge is 2.11. The molecule has 0 aliphatic heterocycles. The van der Waals surface area contributed by atoms with Crippen molar-refractivity contribution in [2.24, 2.45) is 0 Å². The third kappa shape index (κ3) is 4.22. The van der Waals surface area contributed by atoms with Gasteiger partial charge in [-0.3, -0.25) is 0 Å². The molecule has 0 atom stereocenters. The van der Waals surface area contributed by atoms with Crippen LogP contribution in [-0.4, -0.2) is 26.3 Å². The lowest BCUT2D eigenvalue weighted by atomic mass is 10.0. The average molecular weight is 251 g/mol. The molecule has 0 unspecified atom stereocenters. The molecule has 102 valence electrons. The van der Waals surface area contributed by atoms with Crippen molar-refractivity contribution in [3.05, 3.63) is 23.3 Å². The van der Waals surface area contributed by atoms with Gasteiger partial charge in [0.15, 0.2) is 11.5 Å². The SMILES string of the molecule is COc1cc(C)c(CCNC(C)(C)C)cc1OC. The predicted molar refractivity (Wildman–Crippen MR) is 75.7 cm³/mol. The summed E-state index contributed by atoms with van der Waals surface area (Å²) in [4.78, 5) is 0. The summed E-state index contributed by atoms with van der Waals surface area (Å²) in [5.74, 6) is 1.59. The molecular weight excluding hydrogens is 226 g/mol. The number of ether oxygens (including phenoxy) is 2. The molecule has 0 bridgehead atoms. The first kappa shape index (κ1) is 14.8. The number of hydrogen-bond donors (Lipinski definition) is 1. The van der Waals surface area contributed by atoms with E-state index in [0.717, 1.165) is 24.5 Å². The molecule has 3 nitrogen and oxygen atoms in total. The van der Waals surface area contributed by atoms with Crippen molar-refractivity contribution in [1.29, 1.82) is 0 Å². The van der Waals surface area contributed by atoms with Crippen LogP contribution in [0.5, 0.6) is 11.5 Å². The molecule has 0 amide bonds. The number of rotatable bonds is 5. The van der Waals surface area contributed by atoms with E-state index in [1.165, 1.54) is 11.1 Å². The van der Waals surface area contributed by atoms with Crippen LogP contribution in [0, 0.1) is 6.92 Å². The van der Waals surface area contributed by atoms with E-state index in [9.17, 15) is 0 Å². The van der Waals surface area contributed by atoms with Crippen LogP contribution in [0.15, 0.2) is 12.1 Å². The molecule has 3 heteroatoms. The van der Waals surface area contributed by atoms with Gasteiger partial charge in [0.2, 0.25) is 0 Å². The Bertz CT molecular complexity index is 394. The molecule has 1 aromatic carbocycles. The summed E-state index contributed by atoms with van der Waals surface area (Å²) in [6, 6.07) is 4.10. The van der Waals surface area contributed by atoms with E-state index in [1.807, 2.05) is 6.07 Å². The van der Waals surface area contributed by atoms with Gasteiger partial charge in [0.1, 0.15) is 0 Å². The molecule has 1 rings (SSSR count). The Labute approximate surface area is 110 Å². The highest BCUT2D eigenvalue weighted by molar-refractivity contribution is 5.47. The van der Waals surface area contributed by atoms with Crippen molar-refractivity contribution >= 4 is 0 Å². The van der Waals surface area contributed by atoms with Crippen molar-refractivity contribution in [3.63, 3.8) is 0 Å². The van der Waals surface area contributed by atoms with Crippen LogP contribution in [0.2, 0.25) is 0 Å². The van der Waals surface area contributed by atoms with Crippen molar-refractivity contribution in [3.8, 4) is 11.5 Å². The normalized spacial score (nSPS) is 11.4. The fourth-order valence-electron chi connectivity index (χ4n) is 1.86. The second-order valence-corrected chi connectivity index (χ2v) is 5.56. The number of benzene rings is 1. The minimum atomic E-state index is 0.157. The average Bonchev–Trinajstić information content (AvgIpc) is 2.29. The van der Waals surface area contributed by atoms with Gasteiger partial charge in [-0.05, 0) is 63.9 Å². The lowest BCUT2D eigenvalue weighted by Gasteiger charge is -2.21. The fraction of sp³-hybridized carbons (Fsp3) is 0.600. The van der Waals surface area contributed by atoms with Gasteiger partial charge < -0.3 is 14.8 Å². The van der Waals surface area contributed by atoms with Crippen molar-refractivity contribution in [2.75, 3.05) is 20.8 Å². The third-order valence-corrected chi connectivity index (χ3v) is 2.89. The highest BCUT2D eigenvalue weighted by atomic mass is 16.5. The molecule has 0 aromatic heterocycles. The number of nitrogens with one attached hydrogen (secondary N) is 1. The summed E-state index contributed by atoms with van der Waals surface area (Å²) in [7, 11) is 3.34. The van der Waals surface area contributed by atoms with Gasteiger partial charge >= 0.3 is 0 Å². The summed E-state index contributed by atoms with van der Waals surface area (Å²) in [6.45, 7) is 9.59. The fourth-order valence-corrected chi connectivity index (χ4v) is 1.86. The molecule has 1 aromatic rings. The zero-order valence-electron chi connectivity index (χ0n) is 12.4. The van der Waals surface area contributed by atoms with Crippen LogP contribution in [-0.2, 0) is 6.42 Å². The van der Waals surface area contributed by atoms with Gasteiger partial charge in [0, 0.05) is 5.54 Å². The Hall–Kier alpha value is -1.22. The van der Waals surface area contributed by atoms with E-state index in [4.69, 9.17) is 9.47 Å². The van der Waals surface area contributed by atoms with E-state index < -0.39 is 0 Å². The molecule has 0 saturated heterocycles. The van der Waals surface area contributed by atoms with Crippen molar-refractivity contribution in [2.45, 2.75) is 39.7 Å². The summed E-state index contributed by atoms with van der Waals surface area (Å²) in [5.41, 5.74) is 2.69. The Kier molecular flexibility index (Phi) is 5.03. The Morgan fingerprint density at radius 2 is 1.61 bits per heavy atom. The second-order valence-electron chi connectivity index (χ2n) is 5.56. The number of hydrogen-bond acceptors (Lipinski definition) is 3. The van der Waals surface area contributed by atoms with Gasteiger partial charge in [-0.1, -0.05) is 0 Å². The van der Waals surface area contributed by atoms with Gasteiger partial charge in [-0.2, -0.15) is 0 Å². The molecule has 0 fully saturated rings. The zero-order chi connectivity index (χ0) is 13.8. The summed E-state index contributed by atoms with van der Waals surface area (Å²) in [5, 5.41) is 3.49. The quantitative estimate of drug-likeness (QED) is 0.872. The Morgan fingerprint density at radius 3 is 2.11 bits per heavy atom. The van der Waals surface area contributed by atoms with E-state index in [0.29, 0.717) is 0 Å². The van der Waals surface area contributed by atoms with E-state index in [1.54, 1.807) is 14.2 Å². The first-order chi connectivity index (χ1) is 8.37. The topological polar surface area (TPSA) is 30.5 Å². The maximum Gasteiger partial charge on any atom is 0.161 e. The lowest BCUT2D eigenvalue weighted by molar-refractivity contribution is 0.354. The lowest BCUT2D eigenvalue weighted by Crippen LogP contribution is -2.37. The minimum Gasteiger partial charge on any atom is -0.493 e. The van der Waals surface area contributed by atoms with Crippen LogP contribution in [0.4, 0.5) is 0 Å². The molecule has 0 aliphatic rings. The molecule has 0 radical (unpaired) electrons. The Morgan fingerprint density at radius 1 is 1.06 bits per heavy atom. The van der Waals surface area contributed by atoms with Crippen LogP contribution >= 0.6 is 0 Å². The minimum absolute atomic E-state index is 0.157.